The Balaban J connectivity index is 1.28. The first-order chi connectivity index (χ1) is 16.0. The van der Waals surface area contributed by atoms with Crippen molar-refractivity contribution < 1.29 is 14.4 Å². The number of thiazole rings is 1. The summed E-state index contributed by atoms with van der Waals surface area (Å²) < 4.78 is 0.772. The lowest BCUT2D eigenvalue weighted by molar-refractivity contribution is 0.0926. The van der Waals surface area contributed by atoms with Gasteiger partial charge in [0.05, 0.1) is 21.3 Å². The van der Waals surface area contributed by atoms with Crippen molar-refractivity contribution in [3.05, 3.63) is 83.4 Å². The van der Waals surface area contributed by atoms with Crippen LogP contribution in [0.2, 0.25) is 0 Å². The van der Waals surface area contributed by atoms with Crippen LogP contribution in [0.15, 0.2) is 66.7 Å². The molecule has 162 valence electrons. The summed E-state index contributed by atoms with van der Waals surface area (Å²) in [6, 6.07) is 19.9. The molecular weight excluding hydrogens is 436 g/mol. The summed E-state index contributed by atoms with van der Waals surface area (Å²) in [5.41, 5.74) is 4.13. The number of hydrogen-bond acceptors (Lipinski definition) is 5. The standard InChI is InChI=1S/C25H18N4O3S/c1-14-12-15-6-2-5-9-20(15)28(14)24(32)26-16-10-11-19-21(13-16)33-25(27-19)29-22(30)17-7-3-4-8-18(17)23(29)31/h2-11,13-14H,12H2,1H3,(H,26,32)/t14-/m0/s1. The van der Waals surface area contributed by atoms with Crippen LogP contribution < -0.4 is 15.1 Å². The molecule has 0 bridgehead atoms. The monoisotopic (exact) mass is 454 g/mol. The predicted octanol–water partition coefficient (Wildman–Crippen LogP) is 5.08. The van der Waals surface area contributed by atoms with Crippen molar-refractivity contribution in [2.24, 2.45) is 0 Å². The first-order valence-electron chi connectivity index (χ1n) is 10.6. The van der Waals surface area contributed by atoms with E-state index in [2.05, 4.69) is 10.3 Å². The summed E-state index contributed by atoms with van der Waals surface area (Å²) in [4.78, 5) is 46.0. The molecule has 2 aliphatic heterocycles. The minimum absolute atomic E-state index is 0.0648. The highest BCUT2D eigenvalue weighted by Gasteiger charge is 2.38. The number of nitrogens with zero attached hydrogens (tertiary/aromatic N) is 3. The minimum Gasteiger partial charge on any atom is -0.307 e. The molecule has 2 aliphatic rings. The molecule has 4 aromatic rings. The molecule has 4 amide bonds. The van der Waals surface area contributed by atoms with Crippen molar-refractivity contribution in [1.82, 2.24) is 4.98 Å². The molecule has 33 heavy (non-hydrogen) atoms. The second-order valence-corrected chi connectivity index (χ2v) is 9.16. The van der Waals surface area contributed by atoms with E-state index in [1.165, 1.54) is 11.3 Å². The van der Waals surface area contributed by atoms with Gasteiger partial charge in [0.25, 0.3) is 11.8 Å². The molecule has 7 nitrogen and oxygen atoms in total. The third kappa shape index (κ3) is 3.02. The van der Waals surface area contributed by atoms with Crippen LogP contribution in [-0.4, -0.2) is 28.9 Å². The van der Waals surface area contributed by atoms with Crippen molar-refractivity contribution in [3.63, 3.8) is 0 Å². The van der Waals surface area contributed by atoms with E-state index in [0.29, 0.717) is 27.5 Å². The summed E-state index contributed by atoms with van der Waals surface area (Å²) >= 11 is 1.24. The van der Waals surface area contributed by atoms with E-state index in [4.69, 9.17) is 0 Å². The molecule has 6 rings (SSSR count). The molecule has 3 aromatic carbocycles. The number of carbonyl (C=O) groups is 3. The number of urea groups is 1. The number of hydrogen-bond donors (Lipinski definition) is 1. The summed E-state index contributed by atoms with van der Waals surface area (Å²) in [7, 11) is 0. The zero-order valence-corrected chi connectivity index (χ0v) is 18.4. The number of anilines is 3. The fourth-order valence-electron chi connectivity index (χ4n) is 4.51. The molecule has 0 aliphatic carbocycles. The summed E-state index contributed by atoms with van der Waals surface area (Å²) in [5, 5.41) is 3.30. The quantitative estimate of drug-likeness (QED) is 0.428. The van der Waals surface area contributed by atoms with Gasteiger partial charge in [0.15, 0.2) is 0 Å². The Morgan fingerprint density at radius 2 is 1.70 bits per heavy atom. The van der Waals surface area contributed by atoms with Crippen molar-refractivity contribution >= 4 is 55.9 Å². The number of rotatable bonds is 2. The van der Waals surface area contributed by atoms with Crippen LogP contribution >= 0.6 is 11.3 Å². The van der Waals surface area contributed by atoms with E-state index in [0.717, 1.165) is 27.3 Å². The number of aromatic nitrogens is 1. The topological polar surface area (TPSA) is 82.6 Å². The lowest BCUT2D eigenvalue weighted by atomic mass is 10.1. The third-order valence-corrected chi connectivity index (χ3v) is 7.04. The van der Waals surface area contributed by atoms with Crippen molar-refractivity contribution in [2.45, 2.75) is 19.4 Å². The van der Waals surface area contributed by atoms with Gasteiger partial charge in [0, 0.05) is 17.4 Å². The fourth-order valence-corrected chi connectivity index (χ4v) is 5.51. The molecule has 8 heteroatoms. The van der Waals surface area contributed by atoms with Gasteiger partial charge in [-0.2, -0.15) is 0 Å². The molecule has 1 N–H and O–H groups in total. The first kappa shape index (κ1) is 19.6. The van der Waals surface area contributed by atoms with Gasteiger partial charge >= 0.3 is 6.03 Å². The van der Waals surface area contributed by atoms with Crippen LogP contribution in [-0.2, 0) is 6.42 Å². The molecule has 0 saturated carbocycles. The first-order valence-corrected chi connectivity index (χ1v) is 11.4. The number of fused-ring (bicyclic) bond motifs is 3. The molecule has 0 radical (unpaired) electrons. The number of carbonyl (C=O) groups excluding carboxylic acids is 3. The molecule has 0 saturated heterocycles. The average Bonchev–Trinajstić information content (AvgIpc) is 3.45. The van der Waals surface area contributed by atoms with E-state index in [-0.39, 0.29) is 23.9 Å². The van der Waals surface area contributed by atoms with E-state index >= 15 is 0 Å². The zero-order chi connectivity index (χ0) is 22.7. The maximum absolute atomic E-state index is 13.1. The van der Waals surface area contributed by atoms with Crippen molar-refractivity contribution in [2.75, 3.05) is 15.1 Å². The van der Waals surface area contributed by atoms with Gasteiger partial charge in [0.1, 0.15) is 0 Å². The maximum atomic E-state index is 13.1. The second-order valence-electron chi connectivity index (χ2n) is 8.15. The van der Waals surface area contributed by atoms with Crippen LogP contribution in [0.3, 0.4) is 0 Å². The Hall–Kier alpha value is -4.04. The highest BCUT2D eigenvalue weighted by Crippen LogP contribution is 2.36. The van der Waals surface area contributed by atoms with Crippen LogP contribution in [0.1, 0.15) is 33.2 Å². The van der Waals surface area contributed by atoms with Gasteiger partial charge in [-0.3, -0.25) is 14.5 Å². The Bertz CT molecular complexity index is 1440. The van der Waals surface area contributed by atoms with E-state index in [1.54, 1.807) is 41.3 Å². The Labute approximate surface area is 193 Å². The molecule has 1 atom stereocenters. The van der Waals surface area contributed by atoms with E-state index in [1.807, 2.05) is 37.3 Å². The number of para-hydroxylation sites is 1. The van der Waals surface area contributed by atoms with Gasteiger partial charge in [-0.15, -0.1) is 0 Å². The van der Waals surface area contributed by atoms with E-state index < -0.39 is 0 Å². The number of imide groups is 1. The Kier molecular flexibility index (Phi) is 4.31. The smallest absolute Gasteiger partial charge is 0.307 e. The third-order valence-electron chi connectivity index (χ3n) is 6.04. The maximum Gasteiger partial charge on any atom is 0.326 e. The highest BCUT2D eigenvalue weighted by atomic mass is 32.1. The van der Waals surface area contributed by atoms with Gasteiger partial charge in [-0.1, -0.05) is 41.7 Å². The second kappa shape index (κ2) is 7.25. The van der Waals surface area contributed by atoms with Crippen molar-refractivity contribution in [3.8, 4) is 0 Å². The zero-order valence-electron chi connectivity index (χ0n) is 17.6. The number of amides is 4. The normalized spacial score (nSPS) is 16.9. The lowest BCUT2D eigenvalue weighted by Gasteiger charge is -2.23. The molecule has 1 aromatic heterocycles. The van der Waals surface area contributed by atoms with Crippen LogP contribution in [0.25, 0.3) is 10.2 Å². The Morgan fingerprint density at radius 1 is 1.00 bits per heavy atom. The largest absolute Gasteiger partial charge is 0.326 e. The Morgan fingerprint density at radius 3 is 2.45 bits per heavy atom. The number of nitrogens with one attached hydrogen (secondary N) is 1. The van der Waals surface area contributed by atoms with Gasteiger partial charge < -0.3 is 5.32 Å². The van der Waals surface area contributed by atoms with Crippen LogP contribution in [0.5, 0.6) is 0 Å². The fraction of sp³-hybridized carbons (Fsp3) is 0.120. The molecule has 0 unspecified atom stereocenters. The summed E-state index contributed by atoms with van der Waals surface area (Å²) in [6.45, 7) is 2.03. The van der Waals surface area contributed by atoms with E-state index in [9.17, 15) is 14.4 Å². The SMILES string of the molecule is C[C@H]1Cc2ccccc2N1C(=O)Nc1ccc2nc(N3C(=O)c4ccccc4C3=O)sc2c1. The van der Waals surface area contributed by atoms with Gasteiger partial charge in [0.2, 0.25) is 5.13 Å². The lowest BCUT2D eigenvalue weighted by Crippen LogP contribution is -2.39. The van der Waals surface area contributed by atoms with Crippen LogP contribution in [0, 0.1) is 0 Å². The highest BCUT2D eigenvalue weighted by molar-refractivity contribution is 7.22. The average molecular weight is 455 g/mol. The predicted molar refractivity (Wildman–Crippen MR) is 128 cm³/mol. The van der Waals surface area contributed by atoms with Crippen molar-refractivity contribution in [1.29, 1.82) is 0 Å². The molecule has 3 heterocycles. The molecule has 0 fully saturated rings. The number of benzene rings is 3. The summed E-state index contributed by atoms with van der Waals surface area (Å²) in [6.07, 6.45) is 0.821. The summed E-state index contributed by atoms with van der Waals surface area (Å²) in [5.74, 6) is -0.741. The molecular formula is C25H18N4O3S. The molecule has 0 spiro atoms. The van der Waals surface area contributed by atoms with Crippen LogP contribution in [0.4, 0.5) is 21.3 Å². The van der Waals surface area contributed by atoms with Gasteiger partial charge in [-0.05, 0) is 55.3 Å². The minimum atomic E-state index is -0.370. The van der Waals surface area contributed by atoms with Gasteiger partial charge in [-0.25, -0.2) is 14.7 Å².